The van der Waals surface area contributed by atoms with Crippen molar-refractivity contribution in [2.45, 2.75) is 0 Å². The Morgan fingerprint density at radius 2 is 1.55 bits per heavy atom. The minimum Gasteiger partial charge on any atom is -0.495 e. The van der Waals surface area contributed by atoms with E-state index < -0.39 is 23.2 Å². The predicted octanol–water partition coefficient (Wildman–Crippen LogP) is 1.66. The summed E-state index contributed by atoms with van der Waals surface area (Å²) in [7, 11) is 4.10. The number of carboxylic acid groups (broad SMARTS) is 2. The van der Waals surface area contributed by atoms with E-state index in [-0.39, 0.29) is 11.3 Å². The van der Waals surface area contributed by atoms with E-state index in [1.165, 1.54) is 33.5 Å². The zero-order chi connectivity index (χ0) is 16.4. The van der Waals surface area contributed by atoms with Crippen molar-refractivity contribution in [3.8, 4) is 17.2 Å². The van der Waals surface area contributed by atoms with Gasteiger partial charge in [-0.25, -0.2) is 14.6 Å². The lowest BCUT2D eigenvalue weighted by Crippen LogP contribution is -2.13. The first kappa shape index (κ1) is 15.4. The molecule has 0 bridgehead atoms. The monoisotopic (exact) mass is 307 g/mol. The molecule has 1 heterocycles. The molecule has 0 saturated carbocycles. The number of rotatable bonds is 5. The third-order valence-electron chi connectivity index (χ3n) is 3.06. The zero-order valence-corrected chi connectivity index (χ0v) is 12.0. The Balaban J connectivity index is 2.97. The Hall–Kier alpha value is -3.03. The van der Waals surface area contributed by atoms with Crippen molar-refractivity contribution in [2.75, 3.05) is 21.3 Å². The number of ether oxygens (including phenoxy) is 3. The number of aromatic nitrogens is 1. The maximum atomic E-state index is 11.4. The molecule has 0 fully saturated rings. The summed E-state index contributed by atoms with van der Waals surface area (Å²) in [5.41, 5.74) is -0.907. The van der Waals surface area contributed by atoms with Crippen molar-refractivity contribution in [3.63, 3.8) is 0 Å². The third-order valence-corrected chi connectivity index (χ3v) is 3.06. The van der Waals surface area contributed by atoms with Crippen molar-refractivity contribution in [2.24, 2.45) is 0 Å². The van der Waals surface area contributed by atoms with Crippen LogP contribution in [0, 0.1) is 0 Å². The van der Waals surface area contributed by atoms with Crippen LogP contribution in [0.4, 0.5) is 0 Å². The van der Waals surface area contributed by atoms with E-state index in [0.29, 0.717) is 16.9 Å². The SMILES string of the molecule is COc1cc2nc(C(=O)O)c(C(=O)O)c(OC)c2cc1OC. The molecule has 2 rings (SSSR count). The standard InChI is InChI=1S/C14H13NO7/c1-20-8-4-6-7(5-9(8)21-2)15-11(14(18)19)10(13(16)17)12(6)22-3/h4-5H,1-3H3,(H,16,17)(H,18,19). The number of hydrogen-bond acceptors (Lipinski definition) is 6. The lowest BCUT2D eigenvalue weighted by Gasteiger charge is -2.14. The summed E-state index contributed by atoms with van der Waals surface area (Å²) in [6.45, 7) is 0. The summed E-state index contributed by atoms with van der Waals surface area (Å²) >= 11 is 0. The molecule has 116 valence electrons. The van der Waals surface area contributed by atoms with Gasteiger partial charge in [-0.3, -0.25) is 0 Å². The van der Waals surface area contributed by atoms with Crippen LogP contribution in [0.25, 0.3) is 10.9 Å². The van der Waals surface area contributed by atoms with Gasteiger partial charge in [-0.05, 0) is 6.07 Å². The largest absolute Gasteiger partial charge is 0.495 e. The van der Waals surface area contributed by atoms with Crippen LogP contribution in [0.5, 0.6) is 17.2 Å². The molecule has 2 N–H and O–H groups in total. The maximum Gasteiger partial charge on any atom is 0.355 e. The van der Waals surface area contributed by atoms with Crippen molar-refractivity contribution < 1.29 is 34.0 Å². The fourth-order valence-corrected chi connectivity index (χ4v) is 2.13. The number of hydrogen-bond donors (Lipinski definition) is 2. The molecule has 8 nitrogen and oxygen atoms in total. The summed E-state index contributed by atoms with van der Waals surface area (Å²) in [6, 6.07) is 2.94. The van der Waals surface area contributed by atoms with Crippen LogP contribution in [0.3, 0.4) is 0 Å². The van der Waals surface area contributed by atoms with Crippen molar-refractivity contribution >= 4 is 22.8 Å². The van der Waals surface area contributed by atoms with Gasteiger partial charge in [-0.15, -0.1) is 0 Å². The fraction of sp³-hybridized carbons (Fsp3) is 0.214. The van der Waals surface area contributed by atoms with E-state index in [2.05, 4.69) is 4.98 Å². The normalized spacial score (nSPS) is 10.3. The van der Waals surface area contributed by atoms with Crippen molar-refractivity contribution in [3.05, 3.63) is 23.4 Å². The van der Waals surface area contributed by atoms with Crippen LogP contribution < -0.4 is 14.2 Å². The second kappa shape index (κ2) is 5.76. The van der Waals surface area contributed by atoms with Gasteiger partial charge in [0, 0.05) is 11.5 Å². The smallest absolute Gasteiger partial charge is 0.355 e. The van der Waals surface area contributed by atoms with Gasteiger partial charge in [-0.1, -0.05) is 0 Å². The van der Waals surface area contributed by atoms with Crippen LogP contribution in [-0.2, 0) is 0 Å². The fourth-order valence-electron chi connectivity index (χ4n) is 2.13. The molecule has 0 atom stereocenters. The van der Waals surface area contributed by atoms with Gasteiger partial charge >= 0.3 is 11.9 Å². The average molecular weight is 307 g/mol. The highest BCUT2D eigenvalue weighted by molar-refractivity contribution is 6.08. The summed E-state index contributed by atoms with van der Waals surface area (Å²) in [4.78, 5) is 26.6. The topological polar surface area (TPSA) is 115 Å². The first-order valence-electron chi connectivity index (χ1n) is 6.04. The Morgan fingerprint density at radius 3 is 2.00 bits per heavy atom. The van der Waals surface area contributed by atoms with Gasteiger partial charge in [0.2, 0.25) is 0 Å². The number of nitrogens with zero attached hydrogens (tertiary/aromatic N) is 1. The lowest BCUT2D eigenvalue weighted by molar-refractivity contribution is 0.0644. The maximum absolute atomic E-state index is 11.4. The molecule has 0 spiro atoms. The second-order valence-electron chi connectivity index (χ2n) is 4.20. The number of carboxylic acids is 2. The van der Waals surface area contributed by atoms with E-state index in [1.54, 1.807) is 0 Å². The minimum absolute atomic E-state index is 0.101. The molecule has 0 radical (unpaired) electrons. The third kappa shape index (κ3) is 2.34. The first-order valence-corrected chi connectivity index (χ1v) is 6.04. The zero-order valence-electron chi connectivity index (χ0n) is 12.0. The van der Waals surface area contributed by atoms with Crippen LogP contribution in [0.15, 0.2) is 12.1 Å². The molecule has 0 aliphatic carbocycles. The highest BCUT2D eigenvalue weighted by atomic mass is 16.5. The van der Waals surface area contributed by atoms with Gasteiger partial charge < -0.3 is 24.4 Å². The molecule has 0 unspecified atom stereocenters. The van der Waals surface area contributed by atoms with Gasteiger partial charge in [0.05, 0.1) is 26.8 Å². The highest BCUT2D eigenvalue weighted by Crippen LogP contribution is 2.38. The summed E-state index contributed by atoms with van der Waals surface area (Å²) in [6.07, 6.45) is 0. The minimum atomic E-state index is -1.47. The van der Waals surface area contributed by atoms with E-state index in [4.69, 9.17) is 14.2 Å². The molecule has 1 aromatic carbocycles. The van der Waals surface area contributed by atoms with Gasteiger partial charge in [0.1, 0.15) is 11.3 Å². The number of carbonyl (C=O) groups is 2. The predicted molar refractivity (Wildman–Crippen MR) is 75.3 cm³/mol. The molecule has 1 aromatic heterocycles. The van der Waals surface area contributed by atoms with Crippen LogP contribution >= 0.6 is 0 Å². The average Bonchev–Trinajstić information content (AvgIpc) is 2.50. The molecule has 0 aliphatic rings. The summed E-state index contributed by atoms with van der Waals surface area (Å²) in [5.74, 6) is -2.33. The first-order chi connectivity index (χ1) is 10.4. The van der Waals surface area contributed by atoms with E-state index >= 15 is 0 Å². The molecular weight excluding hydrogens is 294 g/mol. The number of benzene rings is 1. The number of fused-ring (bicyclic) bond motifs is 1. The van der Waals surface area contributed by atoms with E-state index in [9.17, 15) is 19.8 Å². The molecular formula is C14H13NO7. The summed E-state index contributed by atoms with van der Waals surface area (Å²) < 4.78 is 15.4. The Morgan fingerprint density at radius 1 is 0.955 bits per heavy atom. The molecule has 0 aliphatic heterocycles. The van der Waals surface area contributed by atoms with Crippen LogP contribution in [0.1, 0.15) is 20.8 Å². The Bertz CT molecular complexity index is 770. The van der Waals surface area contributed by atoms with Crippen molar-refractivity contribution in [1.29, 1.82) is 0 Å². The highest BCUT2D eigenvalue weighted by Gasteiger charge is 2.26. The number of pyridine rings is 1. The van der Waals surface area contributed by atoms with Gasteiger partial charge in [0.25, 0.3) is 0 Å². The number of aromatic carboxylic acids is 2. The van der Waals surface area contributed by atoms with Crippen LogP contribution in [-0.4, -0.2) is 48.5 Å². The van der Waals surface area contributed by atoms with Crippen LogP contribution in [0.2, 0.25) is 0 Å². The molecule has 0 amide bonds. The van der Waals surface area contributed by atoms with Gasteiger partial charge in [0.15, 0.2) is 17.2 Å². The molecule has 8 heteroatoms. The Labute approximate surface area is 124 Å². The molecule has 22 heavy (non-hydrogen) atoms. The molecule has 2 aromatic rings. The van der Waals surface area contributed by atoms with E-state index in [0.717, 1.165) is 0 Å². The van der Waals surface area contributed by atoms with Crippen molar-refractivity contribution in [1.82, 2.24) is 4.98 Å². The lowest BCUT2D eigenvalue weighted by atomic mass is 10.1. The Kier molecular flexibility index (Phi) is 4.02. The quantitative estimate of drug-likeness (QED) is 0.856. The molecule has 0 saturated heterocycles. The number of methoxy groups -OCH3 is 3. The second-order valence-corrected chi connectivity index (χ2v) is 4.20. The van der Waals surface area contributed by atoms with E-state index in [1.807, 2.05) is 0 Å². The summed E-state index contributed by atoms with van der Waals surface area (Å²) in [5, 5.41) is 18.8. The van der Waals surface area contributed by atoms with Gasteiger partial charge in [-0.2, -0.15) is 0 Å².